The zero-order valence-corrected chi connectivity index (χ0v) is 11.2. The summed E-state index contributed by atoms with van der Waals surface area (Å²) in [5.74, 6) is 0.838. The minimum Gasteiger partial charge on any atom is -0.434 e. The molecule has 0 spiro atoms. The van der Waals surface area contributed by atoms with Gasteiger partial charge in [-0.15, -0.1) is 0 Å². The summed E-state index contributed by atoms with van der Waals surface area (Å²) in [7, 11) is 0. The van der Waals surface area contributed by atoms with E-state index in [1.165, 1.54) is 0 Å². The molecule has 0 atom stereocenters. The van der Waals surface area contributed by atoms with E-state index in [1.54, 1.807) is 6.20 Å². The molecule has 5 nitrogen and oxygen atoms in total. The summed E-state index contributed by atoms with van der Waals surface area (Å²) in [6, 6.07) is 11.1. The molecule has 2 heterocycles. The van der Waals surface area contributed by atoms with Crippen LogP contribution in [0.1, 0.15) is 12.8 Å². The Balaban J connectivity index is 1.58. The van der Waals surface area contributed by atoms with E-state index >= 15 is 0 Å². The van der Waals surface area contributed by atoms with Crippen LogP contribution in [-0.2, 0) is 4.79 Å². The number of hydrogen-bond donors (Lipinski definition) is 1. The lowest BCUT2D eigenvalue weighted by Gasteiger charge is -2.04. The predicted octanol–water partition coefficient (Wildman–Crippen LogP) is 3.24. The van der Waals surface area contributed by atoms with E-state index in [4.69, 9.17) is 4.42 Å². The van der Waals surface area contributed by atoms with E-state index < -0.39 is 0 Å². The van der Waals surface area contributed by atoms with Crippen LogP contribution < -0.4 is 5.32 Å². The number of pyridine rings is 1. The predicted molar refractivity (Wildman–Crippen MR) is 78.6 cm³/mol. The number of aromatic nitrogens is 2. The number of nitrogens with zero attached hydrogens (tertiary/aromatic N) is 2. The van der Waals surface area contributed by atoms with Crippen LogP contribution in [0.4, 0.5) is 5.69 Å². The first kappa shape index (κ1) is 12.1. The number of rotatable bonds is 3. The fourth-order valence-corrected chi connectivity index (χ4v) is 2.18. The summed E-state index contributed by atoms with van der Waals surface area (Å²) in [4.78, 5) is 20.2. The molecule has 1 N–H and O–H groups in total. The van der Waals surface area contributed by atoms with Gasteiger partial charge in [-0.3, -0.25) is 4.79 Å². The molecule has 0 bridgehead atoms. The summed E-state index contributed by atoms with van der Waals surface area (Å²) in [5.41, 5.74) is 2.92. The molecule has 1 amide bonds. The Bertz CT molecular complexity index is 771. The van der Waals surface area contributed by atoms with E-state index in [1.807, 2.05) is 36.4 Å². The minimum atomic E-state index is 0.105. The van der Waals surface area contributed by atoms with E-state index in [9.17, 15) is 4.79 Å². The normalized spacial score (nSPS) is 14.3. The lowest BCUT2D eigenvalue weighted by atomic mass is 10.2. The molecule has 0 unspecified atom stereocenters. The third-order valence-corrected chi connectivity index (χ3v) is 3.51. The first-order chi connectivity index (χ1) is 10.3. The van der Waals surface area contributed by atoms with Crippen molar-refractivity contribution in [1.82, 2.24) is 9.97 Å². The van der Waals surface area contributed by atoms with Crippen molar-refractivity contribution < 1.29 is 9.21 Å². The molecule has 4 rings (SSSR count). The van der Waals surface area contributed by atoms with Gasteiger partial charge in [-0.1, -0.05) is 0 Å². The van der Waals surface area contributed by atoms with Crippen molar-refractivity contribution in [3.8, 4) is 11.5 Å². The number of oxazole rings is 1. The number of carbonyl (C=O) groups excluding carboxylic acids is 1. The molecule has 1 aliphatic rings. The molecule has 1 fully saturated rings. The summed E-state index contributed by atoms with van der Waals surface area (Å²) < 4.78 is 5.66. The van der Waals surface area contributed by atoms with Gasteiger partial charge in [0.2, 0.25) is 11.8 Å². The van der Waals surface area contributed by atoms with Crippen LogP contribution in [0.3, 0.4) is 0 Å². The van der Waals surface area contributed by atoms with E-state index in [0.717, 1.165) is 24.1 Å². The molecule has 0 aliphatic heterocycles. The smallest absolute Gasteiger partial charge is 0.228 e. The van der Waals surface area contributed by atoms with Gasteiger partial charge in [0.15, 0.2) is 11.2 Å². The SMILES string of the molecule is O=C(Nc1ccc(-c2nc3ncccc3o2)cc1)C1CC1. The minimum absolute atomic E-state index is 0.105. The van der Waals surface area contributed by atoms with Crippen LogP contribution in [0.5, 0.6) is 0 Å². The second-order valence-corrected chi connectivity index (χ2v) is 5.19. The first-order valence-corrected chi connectivity index (χ1v) is 6.92. The molecule has 0 radical (unpaired) electrons. The molecular weight excluding hydrogens is 266 g/mol. The van der Waals surface area contributed by atoms with Crippen molar-refractivity contribution in [2.24, 2.45) is 5.92 Å². The van der Waals surface area contributed by atoms with Gasteiger partial charge in [-0.05, 0) is 49.2 Å². The molecular formula is C16H13N3O2. The maximum Gasteiger partial charge on any atom is 0.228 e. The average Bonchev–Trinajstić information content (AvgIpc) is 3.27. The molecule has 0 saturated heterocycles. The largest absolute Gasteiger partial charge is 0.434 e. The van der Waals surface area contributed by atoms with Crippen molar-refractivity contribution in [3.05, 3.63) is 42.6 Å². The highest BCUT2D eigenvalue weighted by molar-refractivity contribution is 5.94. The number of amides is 1. The molecule has 1 aromatic carbocycles. The number of carbonyl (C=O) groups is 1. The maximum atomic E-state index is 11.7. The highest BCUT2D eigenvalue weighted by Gasteiger charge is 2.29. The molecule has 1 saturated carbocycles. The van der Waals surface area contributed by atoms with Gasteiger partial charge in [0, 0.05) is 23.4 Å². The standard InChI is InChI=1S/C16H13N3O2/c20-15(10-3-4-10)18-12-7-5-11(6-8-12)16-19-14-13(21-16)2-1-9-17-14/h1-2,5-10H,3-4H2,(H,18,20). The number of hydrogen-bond acceptors (Lipinski definition) is 4. The maximum absolute atomic E-state index is 11.7. The summed E-state index contributed by atoms with van der Waals surface area (Å²) in [6.07, 6.45) is 3.69. The third-order valence-electron chi connectivity index (χ3n) is 3.51. The second-order valence-electron chi connectivity index (χ2n) is 5.19. The van der Waals surface area contributed by atoms with Crippen LogP contribution in [-0.4, -0.2) is 15.9 Å². The van der Waals surface area contributed by atoms with Gasteiger partial charge in [-0.25, -0.2) is 4.98 Å². The molecule has 5 heteroatoms. The van der Waals surface area contributed by atoms with Gasteiger partial charge in [0.1, 0.15) is 0 Å². The fraction of sp³-hybridized carbons (Fsp3) is 0.188. The number of benzene rings is 1. The Morgan fingerprint density at radius 3 is 2.71 bits per heavy atom. The second kappa shape index (κ2) is 4.70. The molecule has 1 aliphatic carbocycles. The third kappa shape index (κ3) is 2.38. The molecule has 21 heavy (non-hydrogen) atoms. The van der Waals surface area contributed by atoms with Crippen molar-refractivity contribution in [3.63, 3.8) is 0 Å². The van der Waals surface area contributed by atoms with Gasteiger partial charge in [-0.2, -0.15) is 4.98 Å². The van der Waals surface area contributed by atoms with Crippen LogP contribution in [0.15, 0.2) is 47.0 Å². The molecule has 3 aromatic rings. The van der Waals surface area contributed by atoms with E-state index in [0.29, 0.717) is 17.1 Å². The number of fused-ring (bicyclic) bond motifs is 1. The van der Waals surface area contributed by atoms with Gasteiger partial charge >= 0.3 is 0 Å². The zero-order chi connectivity index (χ0) is 14.2. The topological polar surface area (TPSA) is 68.0 Å². The summed E-state index contributed by atoms with van der Waals surface area (Å²) in [6.45, 7) is 0. The van der Waals surface area contributed by atoms with E-state index in [2.05, 4.69) is 15.3 Å². The lowest BCUT2D eigenvalue weighted by molar-refractivity contribution is -0.117. The Labute approximate surface area is 121 Å². The Hall–Kier alpha value is -2.69. The molecule has 104 valence electrons. The van der Waals surface area contributed by atoms with Crippen LogP contribution in [0.2, 0.25) is 0 Å². The Morgan fingerprint density at radius 2 is 2.00 bits per heavy atom. The van der Waals surface area contributed by atoms with Crippen LogP contribution >= 0.6 is 0 Å². The van der Waals surface area contributed by atoms with Crippen molar-refractivity contribution in [2.45, 2.75) is 12.8 Å². The van der Waals surface area contributed by atoms with Crippen LogP contribution in [0.25, 0.3) is 22.7 Å². The van der Waals surface area contributed by atoms with Crippen LogP contribution in [0, 0.1) is 5.92 Å². The fourth-order valence-electron chi connectivity index (χ4n) is 2.18. The molecule has 2 aromatic heterocycles. The average molecular weight is 279 g/mol. The Kier molecular flexibility index (Phi) is 2.70. The monoisotopic (exact) mass is 279 g/mol. The number of nitrogens with one attached hydrogen (secondary N) is 1. The highest BCUT2D eigenvalue weighted by Crippen LogP contribution is 2.30. The van der Waals surface area contributed by atoms with Crippen molar-refractivity contribution in [2.75, 3.05) is 5.32 Å². The van der Waals surface area contributed by atoms with E-state index in [-0.39, 0.29) is 11.8 Å². The zero-order valence-electron chi connectivity index (χ0n) is 11.2. The lowest BCUT2D eigenvalue weighted by Crippen LogP contribution is -2.12. The number of anilines is 1. The summed E-state index contributed by atoms with van der Waals surface area (Å²) in [5, 5.41) is 2.91. The quantitative estimate of drug-likeness (QED) is 0.799. The first-order valence-electron chi connectivity index (χ1n) is 6.92. The van der Waals surface area contributed by atoms with Crippen molar-refractivity contribution in [1.29, 1.82) is 0 Å². The highest BCUT2D eigenvalue weighted by atomic mass is 16.3. The van der Waals surface area contributed by atoms with Crippen molar-refractivity contribution >= 4 is 22.8 Å². The van der Waals surface area contributed by atoms with Gasteiger partial charge in [0.25, 0.3) is 0 Å². The Morgan fingerprint density at radius 1 is 1.19 bits per heavy atom. The van der Waals surface area contributed by atoms with Gasteiger partial charge in [0.05, 0.1) is 0 Å². The summed E-state index contributed by atoms with van der Waals surface area (Å²) >= 11 is 0. The van der Waals surface area contributed by atoms with Gasteiger partial charge < -0.3 is 9.73 Å².